The quantitative estimate of drug-likeness (QED) is 0.554. The van der Waals surface area contributed by atoms with Crippen LogP contribution in [-0.2, 0) is 0 Å². The van der Waals surface area contributed by atoms with Gasteiger partial charge in [0.2, 0.25) is 0 Å². The Balaban J connectivity index is 2.92. The molecule has 0 radical (unpaired) electrons. The van der Waals surface area contributed by atoms with Crippen LogP contribution < -0.4 is 0 Å². The molecular formula is C6H4ClNS. The summed E-state index contributed by atoms with van der Waals surface area (Å²) in [5.74, 6) is 0. The van der Waals surface area contributed by atoms with Crippen LogP contribution in [0.25, 0.3) is 4.83 Å². The average molecular weight is 158 g/mol. The molecule has 0 spiro atoms. The van der Waals surface area contributed by atoms with E-state index in [1.54, 1.807) is 11.3 Å². The average Bonchev–Trinajstić information content (AvgIpc) is 2.22. The SMILES string of the molecule is Clc1cc2sccn2c1. The first-order valence-corrected chi connectivity index (χ1v) is 3.83. The monoisotopic (exact) mass is 157 g/mol. The summed E-state index contributed by atoms with van der Waals surface area (Å²) in [6, 6.07) is 1.95. The second-order valence-corrected chi connectivity index (χ2v) is 3.17. The first kappa shape index (κ1) is 5.33. The van der Waals surface area contributed by atoms with Crippen molar-refractivity contribution in [3.63, 3.8) is 0 Å². The Bertz CT molecular complexity index is 294. The smallest absolute Gasteiger partial charge is 0.101 e. The number of fused-ring (bicyclic) bond motifs is 1. The van der Waals surface area contributed by atoms with Gasteiger partial charge in [-0.25, -0.2) is 0 Å². The molecule has 2 aromatic heterocycles. The number of hydrogen-bond donors (Lipinski definition) is 0. The molecule has 3 heteroatoms. The topological polar surface area (TPSA) is 4.41 Å². The molecule has 0 unspecified atom stereocenters. The van der Waals surface area contributed by atoms with Crippen LogP contribution in [0, 0.1) is 0 Å². The summed E-state index contributed by atoms with van der Waals surface area (Å²) in [6.07, 6.45) is 3.89. The lowest BCUT2D eigenvalue weighted by Gasteiger charge is -1.74. The number of hydrogen-bond acceptors (Lipinski definition) is 1. The van der Waals surface area contributed by atoms with E-state index in [9.17, 15) is 0 Å². The van der Waals surface area contributed by atoms with E-state index in [2.05, 4.69) is 0 Å². The number of rotatable bonds is 0. The molecule has 0 atom stereocenters. The van der Waals surface area contributed by atoms with Crippen LogP contribution in [0.3, 0.4) is 0 Å². The Kier molecular flexibility index (Phi) is 1.04. The second-order valence-electron chi connectivity index (χ2n) is 1.81. The zero-order valence-corrected chi connectivity index (χ0v) is 6.12. The number of thiazole rings is 1. The Morgan fingerprint density at radius 1 is 1.56 bits per heavy atom. The maximum Gasteiger partial charge on any atom is 0.101 e. The molecule has 0 fully saturated rings. The normalized spacial score (nSPS) is 10.8. The van der Waals surface area contributed by atoms with Gasteiger partial charge in [-0.2, -0.15) is 0 Å². The second kappa shape index (κ2) is 1.75. The first-order chi connectivity index (χ1) is 4.36. The van der Waals surface area contributed by atoms with Crippen LogP contribution in [0.5, 0.6) is 0 Å². The Hall–Kier alpha value is -0.470. The largest absolute Gasteiger partial charge is 0.313 e. The maximum atomic E-state index is 5.71. The van der Waals surface area contributed by atoms with Gasteiger partial charge < -0.3 is 4.40 Å². The molecule has 0 aromatic carbocycles. The van der Waals surface area contributed by atoms with Crippen LogP contribution >= 0.6 is 22.9 Å². The molecule has 0 saturated carbocycles. The number of aromatic nitrogens is 1. The van der Waals surface area contributed by atoms with Crippen LogP contribution in [0.1, 0.15) is 0 Å². The molecule has 0 amide bonds. The number of nitrogens with zero attached hydrogens (tertiary/aromatic N) is 1. The van der Waals surface area contributed by atoms with Crippen molar-refractivity contribution < 1.29 is 0 Å². The minimum Gasteiger partial charge on any atom is -0.313 e. The predicted molar refractivity (Wildman–Crippen MR) is 40.3 cm³/mol. The lowest BCUT2D eigenvalue weighted by atomic mass is 10.7. The molecule has 0 saturated heterocycles. The third kappa shape index (κ3) is 0.749. The molecule has 0 aliphatic heterocycles. The van der Waals surface area contributed by atoms with Gasteiger partial charge in [0.25, 0.3) is 0 Å². The summed E-state index contributed by atoms with van der Waals surface area (Å²) in [7, 11) is 0. The zero-order chi connectivity index (χ0) is 6.27. The summed E-state index contributed by atoms with van der Waals surface area (Å²) in [5.41, 5.74) is 0. The minimum absolute atomic E-state index is 0.807. The van der Waals surface area contributed by atoms with Gasteiger partial charge in [0.1, 0.15) is 4.83 Å². The molecule has 1 nitrogen and oxygen atoms in total. The summed E-state index contributed by atoms with van der Waals surface area (Å²) in [5, 5.41) is 2.84. The van der Waals surface area contributed by atoms with Gasteiger partial charge in [-0.3, -0.25) is 0 Å². The third-order valence-corrected chi connectivity index (χ3v) is 2.22. The van der Waals surface area contributed by atoms with Crippen molar-refractivity contribution in [2.24, 2.45) is 0 Å². The fourth-order valence-electron chi connectivity index (χ4n) is 0.803. The van der Waals surface area contributed by atoms with E-state index in [4.69, 9.17) is 11.6 Å². The number of halogens is 1. The van der Waals surface area contributed by atoms with Crippen molar-refractivity contribution >= 4 is 27.8 Å². The highest BCUT2D eigenvalue weighted by molar-refractivity contribution is 7.15. The predicted octanol–water partition coefficient (Wildman–Crippen LogP) is 2.65. The summed E-state index contributed by atoms with van der Waals surface area (Å²) < 4.78 is 2.01. The molecule has 0 N–H and O–H groups in total. The fourth-order valence-corrected chi connectivity index (χ4v) is 1.84. The molecule has 0 aliphatic rings. The highest BCUT2D eigenvalue weighted by Crippen LogP contribution is 2.18. The highest BCUT2D eigenvalue weighted by atomic mass is 35.5. The van der Waals surface area contributed by atoms with Crippen molar-refractivity contribution in [2.75, 3.05) is 0 Å². The minimum atomic E-state index is 0.807. The van der Waals surface area contributed by atoms with Gasteiger partial charge in [0.05, 0.1) is 5.02 Å². The highest BCUT2D eigenvalue weighted by Gasteiger charge is 1.94. The van der Waals surface area contributed by atoms with E-state index in [1.165, 1.54) is 4.83 Å². The van der Waals surface area contributed by atoms with E-state index >= 15 is 0 Å². The molecule has 46 valence electrons. The third-order valence-electron chi connectivity index (χ3n) is 1.19. The van der Waals surface area contributed by atoms with Crippen molar-refractivity contribution in [1.29, 1.82) is 0 Å². The van der Waals surface area contributed by atoms with Crippen molar-refractivity contribution in [3.8, 4) is 0 Å². The van der Waals surface area contributed by atoms with Crippen molar-refractivity contribution in [3.05, 3.63) is 28.9 Å². The lowest BCUT2D eigenvalue weighted by molar-refractivity contribution is 1.24. The standard InChI is InChI=1S/C6H4ClNS/c7-5-3-6-8(4-5)1-2-9-6/h1-4H. The first-order valence-electron chi connectivity index (χ1n) is 2.57. The molecule has 2 aromatic rings. The molecule has 9 heavy (non-hydrogen) atoms. The lowest BCUT2D eigenvalue weighted by Crippen LogP contribution is -1.65. The molecule has 2 rings (SSSR count). The van der Waals surface area contributed by atoms with Crippen LogP contribution in [-0.4, -0.2) is 4.40 Å². The summed E-state index contributed by atoms with van der Waals surface area (Å²) >= 11 is 7.40. The Labute approximate surface area is 61.5 Å². The van der Waals surface area contributed by atoms with Gasteiger partial charge in [0.15, 0.2) is 0 Å². The fraction of sp³-hybridized carbons (Fsp3) is 0. The molecule has 2 heterocycles. The van der Waals surface area contributed by atoms with Crippen LogP contribution in [0.2, 0.25) is 5.02 Å². The van der Waals surface area contributed by atoms with Crippen molar-refractivity contribution in [1.82, 2.24) is 4.40 Å². The van der Waals surface area contributed by atoms with Gasteiger partial charge in [-0.1, -0.05) is 11.6 Å². The van der Waals surface area contributed by atoms with Gasteiger partial charge in [0, 0.05) is 17.8 Å². The molecule has 0 bridgehead atoms. The maximum absolute atomic E-state index is 5.71. The van der Waals surface area contributed by atoms with Gasteiger partial charge in [-0.15, -0.1) is 11.3 Å². The van der Waals surface area contributed by atoms with Crippen molar-refractivity contribution in [2.45, 2.75) is 0 Å². The van der Waals surface area contributed by atoms with E-state index in [1.807, 2.05) is 28.2 Å². The van der Waals surface area contributed by atoms with Crippen LogP contribution in [0.4, 0.5) is 0 Å². The Morgan fingerprint density at radius 3 is 3.22 bits per heavy atom. The van der Waals surface area contributed by atoms with E-state index in [-0.39, 0.29) is 0 Å². The molecular weight excluding hydrogens is 154 g/mol. The van der Waals surface area contributed by atoms with E-state index < -0.39 is 0 Å². The summed E-state index contributed by atoms with van der Waals surface area (Å²) in [6.45, 7) is 0. The van der Waals surface area contributed by atoms with Gasteiger partial charge in [-0.05, 0) is 6.07 Å². The van der Waals surface area contributed by atoms with Gasteiger partial charge >= 0.3 is 0 Å². The molecule has 0 aliphatic carbocycles. The Morgan fingerprint density at radius 2 is 2.44 bits per heavy atom. The van der Waals surface area contributed by atoms with E-state index in [0.717, 1.165) is 5.02 Å². The van der Waals surface area contributed by atoms with Crippen LogP contribution in [0.15, 0.2) is 23.8 Å². The summed E-state index contributed by atoms with van der Waals surface area (Å²) in [4.78, 5) is 1.19. The van der Waals surface area contributed by atoms with E-state index in [0.29, 0.717) is 0 Å². The zero-order valence-electron chi connectivity index (χ0n) is 4.54.